The highest BCUT2D eigenvalue weighted by atomic mass is 32.2. The van der Waals surface area contributed by atoms with Gasteiger partial charge in [-0.05, 0) is 80.4 Å². The number of hydrogen-bond acceptors (Lipinski definition) is 4. The maximum absolute atomic E-state index is 15.6. The maximum atomic E-state index is 15.6. The summed E-state index contributed by atoms with van der Waals surface area (Å²) in [6, 6.07) is 22.9. The molecule has 1 amide bonds. The summed E-state index contributed by atoms with van der Waals surface area (Å²) in [4.78, 5) is 22.8. The minimum atomic E-state index is -0.334. The van der Waals surface area contributed by atoms with Gasteiger partial charge in [-0.15, -0.1) is 0 Å². The Morgan fingerprint density at radius 2 is 1.71 bits per heavy atom. The summed E-state index contributed by atoms with van der Waals surface area (Å²) < 4.78 is 15.6. The summed E-state index contributed by atoms with van der Waals surface area (Å²) in [5.41, 5.74) is 4.99. The highest BCUT2D eigenvalue weighted by molar-refractivity contribution is 8.18. The first-order chi connectivity index (χ1) is 18.3. The lowest BCUT2D eigenvalue weighted by Crippen LogP contribution is -2.45. The summed E-state index contributed by atoms with van der Waals surface area (Å²) in [6.07, 6.45) is 4.88. The summed E-state index contributed by atoms with van der Waals surface area (Å²) in [5, 5.41) is 0.585. The van der Waals surface area contributed by atoms with Crippen molar-refractivity contribution < 1.29 is 9.18 Å². The van der Waals surface area contributed by atoms with Crippen molar-refractivity contribution in [3.05, 3.63) is 106 Å². The predicted octanol–water partition coefficient (Wildman–Crippen LogP) is 8.04. The van der Waals surface area contributed by atoms with Gasteiger partial charge in [0.2, 0.25) is 0 Å². The quantitative estimate of drug-likeness (QED) is 0.306. The third kappa shape index (κ3) is 5.18. The number of halogens is 1. The van der Waals surface area contributed by atoms with E-state index in [1.807, 2.05) is 66.7 Å². The minimum Gasteiger partial charge on any atom is -0.362 e. The number of aliphatic imine (C=N–C) groups is 1. The van der Waals surface area contributed by atoms with E-state index >= 15 is 4.39 Å². The molecule has 3 aromatic rings. The molecular formula is C32H32FN3OS. The van der Waals surface area contributed by atoms with Crippen LogP contribution in [0.5, 0.6) is 0 Å². The van der Waals surface area contributed by atoms with Crippen LogP contribution >= 0.6 is 11.8 Å². The number of fused-ring (bicyclic) bond motifs is 1. The molecule has 0 aromatic heterocycles. The van der Waals surface area contributed by atoms with Crippen molar-refractivity contribution in [1.29, 1.82) is 0 Å². The van der Waals surface area contributed by atoms with Crippen LogP contribution in [0.3, 0.4) is 0 Å². The Kier molecular flexibility index (Phi) is 7.26. The van der Waals surface area contributed by atoms with Gasteiger partial charge in [0.25, 0.3) is 5.91 Å². The number of allylic oxidation sites excluding steroid dienone is 1. The van der Waals surface area contributed by atoms with Crippen LogP contribution in [0.15, 0.2) is 88.8 Å². The molecule has 38 heavy (non-hydrogen) atoms. The molecule has 194 valence electrons. The number of para-hydroxylation sites is 1. The molecule has 3 aromatic carbocycles. The highest BCUT2D eigenvalue weighted by Crippen LogP contribution is 2.42. The van der Waals surface area contributed by atoms with E-state index in [9.17, 15) is 4.79 Å². The Balaban J connectivity index is 1.54. The normalized spacial score (nSPS) is 18.8. The summed E-state index contributed by atoms with van der Waals surface area (Å²) >= 11 is 1.29. The van der Waals surface area contributed by atoms with Gasteiger partial charge in [0.15, 0.2) is 5.17 Å². The summed E-state index contributed by atoms with van der Waals surface area (Å²) in [5.74, 6) is -0.508. The van der Waals surface area contributed by atoms with Crippen molar-refractivity contribution in [2.75, 3.05) is 11.4 Å². The lowest BCUT2D eigenvalue weighted by molar-refractivity contribution is -0.122. The first-order valence-corrected chi connectivity index (χ1v) is 13.8. The van der Waals surface area contributed by atoms with Gasteiger partial charge in [-0.3, -0.25) is 9.69 Å². The Hall–Kier alpha value is -3.64. The fourth-order valence-corrected chi connectivity index (χ4v) is 6.10. The third-order valence-corrected chi connectivity index (χ3v) is 7.89. The van der Waals surface area contributed by atoms with E-state index in [1.165, 1.54) is 11.8 Å². The molecule has 4 nitrogen and oxygen atoms in total. The van der Waals surface area contributed by atoms with Gasteiger partial charge < -0.3 is 4.90 Å². The summed E-state index contributed by atoms with van der Waals surface area (Å²) in [6.45, 7) is 9.75. The van der Waals surface area contributed by atoms with Crippen molar-refractivity contribution in [2.45, 2.75) is 46.2 Å². The van der Waals surface area contributed by atoms with Crippen LogP contribution in [0.1, 0.15) is 50.8 Å². The number of carbonyl (C=O) groups is 1. The Bertz CT molecular complexity index is 1440. The van der Waals surface area contributed by atoms with Crippen LogP contribution in [0.2, 0.25) is 0 Å². The number of carbonyl (C=O) groups excluding carboxylic acids is 1. The van der Waals surface area contributed by atoms with Gasteiger partial charge in [0.1, 0.15) is 5.82 Å². The van der Waals surface area contributed by atoms with Crippen molar-refractivity contribution in [3.8, 4) is 0 Å². The summed E-state index contributed by atoms with van der Waals surface area (Å²) in [7, 11) is 0. The van der Waals surface area contributed by atoms with Crippen LogP contribution in [0.25, 0.3) is 11.6 Å². The average molecular weight is 526 g/mol. The number of amides is 1. The lowest BCUT2D eigenvalue weighted by atomic mass is 9.87. The molecule has 2 aliphatic heterocycles. The van der Waals surface area contributed by atoms with E-state index in [2.05, 4.69) is 38.7 Å². The van der Waals surface area contributed by atoms with E-state index in [0.717, 1.165) is 41.0 Å². The number of amidine groups is 1. The van der Waals surface area contributed by atoms with Gasteiger partial charge in [0, 0.05) is 23.4 Å². The Morgan fingerprint density at radius 1 is 1.03 bits per heavy atom. The number of thioether (sulfide) groups is 1. The number of nitrogens with zero attached hydrogens (tertiary/aromatic N) is 3. The molecule has 0 bridgehead atoms. The molecule has 0 aliphatic carbocycles. The van der Waals surface area contributed by atoms with E-state index in [1.54, 1.807) is 17.0 Å². The minimum absolute atomic E-state index is 0.174. The molecule has 1 saturated heterocycles. The van der Waals surface area contributed by atoms with Crippen LogP contribution in [0.4, 0.5) is 15.8 Å². The molecule has 0 radical (unpaired) electrons. The second-order valence-corrected chi connectivity index (χ2v) is 11.3. The maximum Gasteiger partial charge on any atom is 0.267 e. The molecule has 0 atom stereocenters. The molecule has 0 unspecified atom stereocenters. The van der Waals surface area contributed by atoms with Gasteiger partial charge in [-0.2, -0.15) is 0 Å². The van der Waals surface area contributed by atoms with Crippen LogP contribution in [-0.2, 0) is 11.3 Å². The number of anilines is 1. The van der Waals surface area contributed by atoms with Crippen LogP contribution < -0.4 is 4.90 Å². The Morgan fingerprint density at radius 3 is 2.39 bits per heavy atom. The van der Waals surface area contributed by atoms with E-state index in [0.29, 0.717) is 22.2 Å². The zero-order valence-corrected chi connectivity index (χ0v) is 23.1. The van der Waals surface area contributed by atoms with E-state index in [4.69, 9.17) is 4.99 Å². The molecule has 0 N–H and O–H groups in total. The molecule has 2 aliphatic rings. The van der Waals surface area contributed by atoms with E-state index in [-0.39, 0.29) is 17.3 Å². The predicted molar refractivity (Wildman–Crippen MR) is 158 cm³/mol. The fourth-order valence-electron chi connectivity index (χ4n) is 5.11. The fraction of sp³-hybridized carbons (Fsp3) is 0.250. The monoisotopic (exact) mass is 525 g/mol. The van der Waals surface area contributed by atoms with Gasteiger partial charge >= 0.3 is 0 Å². The van der Waals surface area contributed by atoms with Gasteiger partial charge in [-0.25, -0.2) is 9.38 Å². The molecule has 0 spiro atoms. The van der Waals surface area contributed by atoms with Gasteiger partial charge in [-0.1, -0.05) is 61.5 Å². The highest BCUT2D eigenvalue weighted by Gasteiger charge is 2.35. The zero-order valence-electron chi connectivity index (χ0n) is 22.2. The first kappa shape index (κ1) is 26.0. The first-order valence-electron chi connectivity index (χ1n) is 13.0. The van der Waals surface area contributed by atoms with E-state index < -0.39 is 0 Å². The number of hydrogen-bond donors (Lipinski definition) is 0. The zero-order chi connectivity index (χ0) is 26.9. The Labute approximate surface area is 228 Å². The van der Waals surface area contributed by atoms with Gasteiger partial charge in [0.05, 0.1) is 22.7 Å². The third-order valence-electron chi connectivity index (χ3n) is 6.88. The number of rotatable bonds is 6. The van der Waals surface area contributed by atoms with Crippen molar-refractivity contribution >= 4 is 45.9 Å². The number of benzene rings is 3. The second kappa shape index (κ2) is 10.6. The lowest BCUT2D eigenvalue weighted by Gasteiger charge is -2.43. The SMILES string of the molecule is CCCN1c2cc(F)c(/C=C3/SC(=Nc4ccccc4)N(Cc4ccccc4)C3=O)cc2C(C)=CC1(C)C. The standard InChI is InChI=1S/C32H32FN3OS/c1-5-16-36-28-19-27(33)24(17-26(28)22(2)20-32(36,3)4)18-29-30(37)35(21-23-12-8-6-9-13-23)31(38-29)34-25-14-10-7-11-15-25/h6-15,17-20H,5,16,21H2,1-4H3/b29-18+,34-31?. The topological polar surface area (TPSA) is 35.9 Å². The van der Waals surface area contributed by atoms with Crippen molar-refractivity contribution in [2.24, 2.45) is 4.99 Å². The van der Waals surface area contributed by atoms with Crippen molar-refractivity contribution in [3.63, 3.8) is 0 Å². The van der Waals surface area contributed by atoms with Crippen LogP contribution in [-0.4, -0.2) is 28.1 Å². The molecule has 0 saturated carbocycles. The van der Waals surface area contributed by atoms with Crippen molar-refractivity contribution in [1.82, 2.24) is 4.90 Å². The molecular weight excluding hydrogens is 493 g/mol. The van der Waals surface area contributed by atoms with Crippen LogP contribution in [0, 0.1) is 5.82 Å². The average Bonchev–Trinajstić information content (AvgIpc) is 3.17. The molecule has 6 heteroatoms. The smallest absolute Gasteiger partial charge is 0.267 e. The molecule has 1 fully saturated rings. The largest absolute Gasteiger partial charge is 0.362 e. The molecule has 5 rings (SSSR count). The molecule has 2 heterocycles. The second-order valence-electron chi connectivity index (χ2n) is 10.2.